The first-order valence-corrected chi connectivity index (χ1v) is 6.71. The molecule has 1 aromatic rings. The Morgan fingerprint density at radius 3 is 2.35 bits per heavy atom. The van der Waals surface area contributed by atoms with Crippen LogP contribution in [0.3, 0.4) is 0 Å². The van der Waals surface area contributed by atoms with E-state index < -0.39 is 6.61 Å². The van der Waals surface area contributed by atoms with Crippen molar-refractivity contribution in [1.82, 2.24) is 5.32 Å². The molecule has 3 nitrogen and oxygen atoms in total. The summed E-state index contributed by atoms with van der Waals surface area (Å²) in [6.07, 6.45) is 0.402. The molecule has 0 fully saturated rings. The second kappa shape index (κ2) is 7.55. The van der Waals surface area contributed by atoms with Gasteiger partial charge in [-0.15, -0.1) is 0 Å². The molecule has 0 aliphatic rings. The summed E-state index contributed by atoms with van der Waals surface area (Å²) in [7, 11) is 0. The third-order valence-corrected chi connectivity index (χ3v) is 2.93. The van der Waals surface area contributed by atoms with Gasteiger partial charge in [0.15, 0.2) is 0 Å². The molecule has 1 aromatic carbocycles. The molecule has 0 aromatic heterocycles. The summed E-state index contributed by atoms with van der Waals surface area (Å²) in [4.78, 5) is 0. The number of hydrogen-bond donors (Lipinski definition) is 2. The number of nitrogens with one attached hydrogen (secondary N) is 1. The molecule has 1 rings (SSSR count). The SMILES string of the molecule is CC(O)CC(C)(C)CNCc1ccc(OC(F)F)cc1. The van der Waals surface area contributed by atoms with E-state index in [9.17, 15) is 13.9 Å². The highest BCUT2D eigenvalue weighted by atomic mass is 19.3. The Hall–Kier alpha value is -1.20. The number of alkyl halides is 2. The molecule has 0 radical (unpaired) electrons. The molecule has 0 saturated heterocycles. The Bertz CT molecular complexity index is 391. The highest BCUT2D eigenvalue weighted by molar-refractivity contribution is 5.27. The molecule has 1 unspecified atom stereocenters. The van der Waals surface area contributed by atoms with Crippen LogP contribution in [-0.2, 0) is 6.54 Å². The first kappa shape index (κ1) is 16.9. The number of aliphatic hydroxyl groups excluding tert-OH is 1. The van der Waals surface area contributed by atoms with Gasteiger partial charge in [-0.05, 0) is 36.5 Å². The third kappa shape index (κ3) is 6.82. The molecule has 1 atom stereocenters. The maximum atomic E-state index is 12.0. The fourth-order valence-electron chi connectivity index (χ4n) is 2.21. The van der Waals surface area contributed by atoms with E-state index in [-0.39, 0.29) is 17.3 Å². The van der Waals surface area contributed by atoms with Gasteiger partial charge in [0.05, 0.1) is 6.10 Å². The van der Waals surface area contributed by atoms with Gasteiger partial charge in [-0.1, -0.05) is 26.0 Å². The standard InChI is InChI=1S/C15H23F2NO2/c1-11(19)8-15(2,3)10-18-9-12-4-6-13(7-5-12)20-14(16)17/h4-7,11,14,18-19H,8-10H2,1-3H3. The van der Waals surface area contributed by atoms with Crippen LogP contribution in [0.2, 0.25) is 0 Å². The zero-order valence-corrected chi connectivity index (χ0v) is 12.2. The fraction of sp³-hybridized carbons (Fsp3) is 0.600. The van der Waals surface area contributed by atoms with Crippen LogP contribution in [0.15, 0.2) is 24.3 Å². The number of aliphatic hydroxyl groups is 1. The molecule has 0 aliphatic heterocycles. The summed E-state index contributed by atoms with van der Waals surface area (Å²) in [5, 5.41) is 12.7. The maximum absolute atomic E-state index is 12.0. The Kier molecular flexibility index (Phi) is 6.36. The van der Waals surface area contributed by atoms with Crippen LogP contribution >= 0.6 is 0 Å². The van der Waals surface area contributed by atoms with Gasteiger partial charge >= 0.3 is 6.61 Å². The number of benzene rings is 1. The van der Waals surface area contributed by atoms with E-state index in [0.717, 1.165) is 18.5 Å². The van der Waals surface area contributed by atoms with Crippen LogP contribution in [0.1, 0.15) is 32.8 Å². The summed E-state index contributed by atoms with van der Waals surface area (Å²) in [6, 6.07) is 6.58. The van der Waals surface area contributed by atoms with Crippen molar-refractivity contribution >= 4 is 0 Å². The topological polar surface area (TPSA) is 41.5 Å². The molecule has 0 heterocycles. The normalized spacial score (nSPS) is 13.6. The molecule has 5 heteroatoms. The lowest BCUT2D eigenvalue weighted by molar-refractivity contribution is -0.0498. The maximum Gasteiger partial charge on any atom is 0.387 e. The van der Waals surface area contributed by atoms with Crippen molar-refractivity contribution in [3.05, 3.63) is 29.8 Å². The third-order valence-electron chi connectivity index (χ3n) is 2.93. The minimum absolute atomic E-state index is 0.00684. The average Bonchev–Trinajstić information content (AvgIpc) is 2.28. The predicted octanol–water partition coefficient (Wildman–Crippen LogP) is 3.17. The highest BCUT2D eigenvalue weighted by Gasteiger charge is 2.19. The smallest absolute Gasteiger partial charge is 0.387 e. The molecule has 0 aliphatic carbocycles. The van der Waals surface area contributed by atoms with E-state index in [2.05, 4.69) is 23.9 Å². The molecule has 20 heavy (non-hydrogen) atoms. The van der Waals surface area contributed by atoms with Crippen molar-refractivity contribution < 1.29 is 18.6 Å². The Morgan fingerprint density at radius 1 is 1.25 bits per heavy atom. The molecular formula is C15H23F2NO2. The van der Waals surface area contributed by atoms with E-state index >= 15 is 0 Å². The molecule has 0 bridgehead atoms. The Labute approximate surface area is 119 Å². The van der Waals surface area contributed by atoms with Gasteiger partial charge in [0.25, 0.3) is 0 Å². The lowest BCUT2D eigenvalue weighted by Gasteiger charge is -2.26. The van der Waals surface area contributed by atoms with E-state index in [1.54, 1.807) is 19.1 Å². The molecule has 0 amide bonds. The minimum Gasteiger partial charge on any atom is -0.435 e. The van der Waals surface area contributed by atoms with Crippen molar-refractivity contribution in [2.24, 2.45) is 5.41 Å². The highest BCUT2D eigenvalue weighted by Crippen LogP contribution is 2.21. The number of rotatable bonds is 8. The van der Waals surface area contributed by atoms with Crippen LogP contribution < -0.4 is 10.1 Å². The van der Waals surface area contributed by atoms with E-state index in [1.165, 1.54) is 12.1 Å². The lowest BCUT2D eigenvalue weighted by atomic mass is 9.87. The second-order valence-corrected chi connectivity index (χ2v) is 5.84. The van der Waals surface area contributed by atoms with Crippen LogP contribution in [0, 0.1) is 5.41 Å². The van der Waals surface area contributed by atoms with Gasteiger partial charge in [-0.2, -0.15) is 8.78 Å². The van der Waals surface area contributed by atoms with Gasteiger partial charge < -0.3 is 15.2 Å². The average molecular weight is 287 g/mol. The quantitative estimate of drug-likeness (QED) is 0.771. The summed E-state index contributed by atoms with van der Waals surface area (Å²) in [6.45, 7) is 4.59. The van der Waals surface area contributed by atoms with E-state index in [0.29, 0.717) is 6.54 Å². The Morgan fingerprint density at radius 2 is 1.85 bits per heavy atom. The van der Waals surface area contributed by atoms with Crippen LogP contribution in [0.4, 0.5) is 8.78 Å². The summed E-state index contributed by atoms with van der Waals surface area (Å²) in [5.41, 5.74) is 1.01. The van der Waals surface area contributed by atoms with Gasteiger partial charge in [-0.3, -0.25) is 0 Å². The lowest BCUT2D eigenvalue weighted by Crippen LogP contribution is -2.31. The summed E-state index contributed by atoms with van der Waals surface area (Å²) < 4.78 is 28.3. The van der Waals surface area contributed by atoms with Crippen LogP contribution in [0.25, 0.3) is 0 Å². The number of ether oxygens (including phenoxy) is 1. The van der Waals surface area contributed by atoms with Crippen molar-refractivity contribution in [2.45, 2.75) is 46.5 Å². The van der Waals surface area contributed by atoms with Crippen LogP contribution in [-0.4, -0.2) is 24.4 Å². The van der Waals surface area contributed by atoms with E-state index in [4.69, 9.17) is 0 Å². The van der Waals surface area contributed by atoms with Gasteiger partial charge in [0.1, 0.15) is 5.75 Å². The molecule has 2 N–H and O–H groups in total. The van der Waals surface area contributed by atoms with Crippen LogP contribution in [0.5, 0.6) is 5.75 Å². The molecule has 0 saturated carbocycles. The largest absolute Gasteiger partial charge is 0.435 e. The van der Waals surface area contributed by atoms with Crippen molar-refractivity contribution in [1.29, 1.82) is 0 Å². The van der Waals surface area contributed by atoms with Crippen molar-refractivity contribution in [2.75, 3.05) is 6.54 Å². The number of halogens is 2. The van der Waals surface area contributed by atoms with Gasteiger partial charge in [0.2, 0.25) is 0 Å². The monoisotopic (exact) mass is 287 g/mol. The predicted molar refractivity (Wildman–Crippen MR) is 74.9 cm³/mol. The summed E-state index contributed by atoms with van der Waals surface area (Å²) >= 11 is 0. The molecule has 0 spiro atoms. The molecular weight excluding hydrogens is 264 g/mol. The first-order valence-electron chi connectivity index (χ1n) is 6.71. The van der Waals surface area contributed by atoms with Crippen molar-refractivity contribution in [3.63, 3.8) is 0 Å². The zero-order valence-electron chi connectivity index (χ0n) is 12.2. The van der Waals surface area contributed by atoms with Gasteiger partial charge in [-0.25, -0.2) is 0 Å². The molecule has 114 valence electrons. The van der Waals surface area contributed by atoms with Gasteiger partial charge in [0, 0.05) is 13.1 Å². The first-order chi connectivity index (χ1) is 9.28. The Balaban J connectivity index is 2.38. The summed E-state index contributed by atoms with van der Waals surface area (Å²) in [5.74, 6) is 0.165. The minimum atomic E-state index is -2.79. The fourth-order valence-corrected chi connectivity index (χ4v) is 2.21. The second-order valence-electron chi connectivity index (χ2n) is 5.84. The van der Waals surface area contributed by atoms with E-state index in [1.807, 2.05) is 0 Å². The number of hydrogen-bond acceptors (Lipinski definition) is 3. The zero-order chi connectivity index (χ0) is 15.2. The van der Waals surface area contributed by atoms with Crippen molar-refractivity contribution in [3.8, 4) is 5.75 Å².